The third kappa shape index (κ3) is 3.51. The third-order valence-corrected chi connectivity index (χ3v) is 3.45. The lowest BCUT2D eigenvalue weighted by atomic mass is 9.93. The summed E-state index contributed by atoms with van der Waals surface area (Å²) in [4.78, 5) is 6.51. The van der Waals surface area contributed by atoms with Gasteiger partial charge in [0.05, 0.1) is 6.61 Å². The van der Waals surface area contributed by atoms with Crippen LogP contribution in [0.1, 0.15) is 19.4 Å². The maximum absolute atomic E-state index is 9.54. The molecule has 2 N–H and O–H groups in total. The van der Waals surface area contributed by atoms with Crippen LogP contribution in [0.15, 0.2) is 24.5 Å². The lowest BCUT2D eigenvalue weighted by molar-refractivity contribution is 0.101. The van der Waals surface area contributed by atoms with Crippen molar-refractivity contribution in [1.82, 2.24) is 15.2 Å². The zero-order valence-electron chi connectivity index (χ0n) is 11.3. The maximum atomic E-state index is 9.54. The van der Waals surface area contributed by atoms with E-state index in [2.05, 4.69) is 35.1 Å². The summed E-state index contributed by atoms with van der Waals surface area (Å²) in [7, 11) is 0. The number of nitrogens with zero attached hydrogens (tertiary/aromatic N) is 2. The largest absolute Gasteiger partial charge is 0.395 e. The Morgan fingerprint density at radius 3 is 3.06 bits per heavy atom. The molecule has 1 aromatic rings. The maximum Gasteiger partial charge on any atom is 0.0599 e. The second-order valence-electron chi connectivity index (χ2n) is 5.90. The first kappa shape index (κ1) is 13.5. The zero-order chi connectivity index (χ0) is 13.0. The smallest absolute Gasteiger partial charge is 0.0599 e. The van der Waals surface area contributed by atoms with Gasteiger partial charge in [0.15, 0.2) is 0 Å². The minimum absolute atomic E-state index is 0.187. The molecule has 1 aliphatic rings. The molecule has 4 heteroatoms. The normalized spacial score (nSPS) is 24.7. The van der Waals surface area contributed by atoms with Crippen molar-refractivity contribution in [3.05, 3.63) is 30.1 Å². The van der Waals surface area contributed by atoms with Crippen LogP contribution in [0.2, 0.25) is 0 Å². The molecule has 2 rings (SSSR count). The average molecular weight is 249 g/mol. The predicted octanol–water partition coefficient (Wildman–Crippen LogP) is 0.874. The Kier molecular flexibility index (Phi) is 4.32. The fourth-order valence-electron chi connectivity index (χ4n) is 2.53. The Labute approximate surface area is 109 Å². The molecule has 1 saturated heterocycles. The SMILES string of the molecule is CC1(C)CNCC(CO)N(Cc2cccnc2)C1. The molecular weight excluding hydrogens is 226 g/mol. The van der Waals surface area contributed by atoms with Gasteiger partial charge >= 0.3 is 0 Å². The van der Waals surface area contributed by atoms with Crippen LogP contribution < -0.4 is 5.32 Å². The van der Waals surface area contributed by atoms with Gasteiger partial charge in [0.2, 0.25) is 0 Å². The molecule has 0 aromatic carbocycles. The Balaban J connectivity index is 2.10. The molecule has 4 nitrogen and oxygen atoms in total. The number of hydrogen-bond donors (Lipinski definition) is 2. The molecule has 0 amide bonds. The third-order valence-electron chi connectivity index (χ3n) is 3.45. The molecule has 1 unspecified atom stereocenters. The van der Waals surface area contributed by atoms with E-state index < -0.39 is 0 Å². The van der Waals surface area contributed by atoms with E-state index in [9.17, 15) is 5.11 Å². The highest BCUT2D eigenvalue weighted by molar-refractivity contribution is 5.09. The van der Waals surface area contributed by atoms with E-state index >= 15 is 0 Å². The van der Waals surface area contributed by atoms with Gasteiger partial charge < -0.3 is 10.4 Å². The Bertz CT molecular complexity index is 367. The summed E-state index contributed by atoms with van der Waals surface area (Å²) in [5, 5.41) is 13.0. The summed E-state index contributed by atoms with van der Waals surface area (Å²) in [6.07, 6.45) is 3.70. The van der Waals surface area contributed by atoms with Crippen molar-refractivity contribution in [2.45, 2.75) is 26.4 Å². The molecule has 1 fully saturated rings. The molecule has 1 aromatic heterocycles. The standard InChI is InChI=1S/C14H23N3O/c1-14(2)10-16-7-13(9-18)17(11-14)8-12-4-3-5-15-6-12/h3-6,13,16,18H,7-11H2,1-2H3. The molecule has 1 atom stereocenters. The van der Waals surface area contributed by atoms with E-state index in [1.165, 1.54) is 5.56 Å². The highest BCUT2D eigenvalue weighted by atomic mass is 16.3. The second-order valence-corrected chi connectivity index (χ2v) is 5.90. The highest BCUT2D eigenvalue weighted by Crippen LogP contribution is 2.21. The van der Waals surface area contributed by atoms with Gasteiger partial charge in [0.25, 0.3) is 0 Å². The fraction of sp³-hybridized carbons (Fsp3) is 0.643. The number of nitrogens with one attached hydrogen (secondary N) is 1. The Morgan fingerprint density at radius 1 is 1.56 bits per heavy atom. The van der Waals surface area contributed by atoms with E-state index in [4.69, 9.17) is 0 Å². The summed E-state index contributed by atoms with van der Waals surface area (Å²) in [5.41, 5.74) is 1.43. The van der Waals surface area contributed by atoms with Gasteiger partial charge in [0, 0.05) is 44.6 Å². The van der Waals surface area contributed by atoms with Crippen molar-refractivity contribution < 1.29 is 5.11 Å². The number of hydrogen-bond acceptors (Lipinski definition) is 4. The molecule has 2 heterocycles. The minimum Gasteiger partial charge on any atom is -0.395 e. The highest BCUT2D eigenvalue weighted by Gasteiger charge is 2.29. The molecule has 0 radical (unpaired) electrons. The van der Waals surface area contributed by atoms with Crippen LogP contribution in [0.4, 0.5) is 0 Å². The van der Waals surface area contributed by atoms with Crippen molar-refractivity contribution >= 4 is 0 Å². The summed E-state index contributed by atoms with van der Waals surface area (Å²) in [5.74, 6) is 0. The van der Waals surface area contributed by atoms with E-state index in [1.807, 2.05) is 12.3 Å². The lowest BCUT2D eigenvalue weighted by Crippen LogP contribution is -2.43. The second kappa shape index (κ2) is 5.78. The van der Waals surface area contributed by atoms with Gasteiger partial charge in [-0.2, -0.15) is 0 Å². The first-order valence-electron chi connectivity index (χ1n) is 6.55. The van der Waals surface area contributed by atoms with Gasteiger partial charge in [-0.15, -0.1) is 0 Å². The van der Waals surface area contributed by atoms with Gasteiger partial charge in [0.1, 0.15) is 0 Å². The number of aliphatic hydroxyl groups is 1. The van der Waals surface area contributed by atoms with Crippen LogP contribution in [0.25, 0.3) is 0 Å². The molecule has 1 aliphatic heterocycles. The first-order valence-corrected chi connectivity index (χ1v) is 6.55. The van der Waals surface area contributed by atoms with Gasteiger partial charge in [-0.3, -0.25) is 9.88 Å². The minimum atomic E-state index is 0.187. The van der Waals surface area contributed by atoms with Crippen molar-refractivity contribution in [3.8, 4) is 0 Å². The van der Waals surface area contributed by atoms with Crippen LogP contribution in [-0.4, -0.2) is 47.3 Å². The van der Waals surface area contributed by atoms with Crippen LogP contribution in [0.5, 0.6) is 0 Å². The quantitative estimate of drug-likeness (QED) is 0.835. The van der Waals surface area contributed by atoms with Crippen molar-refractivity contribution in [3.63, 3.8) is 0 Å². The summed E-state index contributed by atoms with van der Waals surface area (Å²) in [6.45, 7) is 8.40. The van der Waals surface area contributed by atoms with Crippen molar-refractivity contribution in [2.75, 3.05) is 26.2 Å². The monoisotopic (exact) mass is 249 g/mol. The lowest BCUT2D eigenvalue weighted by Gasteiger charge is -2.33. The van der Waals surface area contributed by atoms with Gasteiger partial charge in [-0.05, 0) is 17.0 Å². The number of pyridine rings is 1. The van der Waals surface area contributed by atoms with Gasteiger partial charge in [-0.1, -0.05) is 19.9 Å². The summed E-state index contributed by atoms with van der Waals surface area (Å²) >= 11 is 0. The van der Waals surface area contributed by atoms with Crippen LogP contribution in [0, 0.1) is 5.41 Å². The summed E-state index contributed by atoms with van der Waals surface area (Å²) < 4.78 is 0. The molecule has 18 heavy (non-hydrogen) atoms. The van der Waals surface area contributed by atoms with Crippen molar-refractivity contribution in [2.24, 2.45) is 5.41 Å². The Hall–Kier alpha value is -0.970. The van der Waals surface area contributed by atoms with Crippen LogP contribution >= 0.6 is 0 Å². The van der Waals surface area contributed by atoms with E-state index in [0.29, 0.717) is 0 Å². The predicted molar refractivity (Wildman–Crippen MR) is 72.2 cm³/mol. The van der Waals surface area contributed by atoms with Crippen LogP contribution in [0.3, 0.4) is 0 Å². The topological polar surface area (TPSA) is 48.4 Å². The molecule has 0 saturated carbocycles. The number of aliphatic hydroxyl groups excluding tert-OH is 1. The van der Waals surface area contributed by atoms with Crippen molar-refractivity contribution in [1.29, 1.82) is 0 Å². The number of rotatable bonds is 3. The summed E-state index contributed by atoms with van der Waals surface area (Å²) in [6, 6.07) is 4.24. The van der Waals surface area contributed by atoms with Crippen LogP contribution in [-0.2, 0) is 6.54 Å². The molecular formula is C14H23N3O. The average Bonchev–Trinajstić information content (AvgIpc) is 2.48. The fourth-order valence-corrected chi connectivity index (χ4v) is 2.53. The molecule has 0 bridgehead atoms. The van der Waals surface area contributed by atoms with E-state index in [1.54, 1.807) is 6.20 Å². The molecule has 0 spiro atoms. The number of aromatic nitrogens is 1. The zero-order valence-corrected chi connectivity index (χ0v) is 11.3. The van der Waals surface area contributed by atoms with Gasteiger partial charge in [-0.25, -0.2) is 0 Å². The molecule has 0 aliphatic carbocycles. The molecule has 100 valence electrons. The van der Waals surface area contributed by atoms with E-state index in [0.717, 1.165) is 26.2 Å². The van der Waals surface area contributed by atoms with E-state index in [-0.39, 0.29) is 18.1 Å². The Morgan fingerprint density at radius 2 is 2.39 bits per heavy atom. The first-order chi connectivity index (χ1) is 8.61.